The van der Waals surface area contributed by atoms with E-state index in [1.165, 1.54) is 0 Å². The van der Waals surface area contributed by atoms with E-state index in [0.717, 1.165) is 0 Å². The summed E-state index contributed by atoms with van der Waals surface area (Å²) in [6, 6.07) is 0. The molecule has 8 heteroatoms. The normalized spacial score (nSPS) is 9.00. The first-order valence-corrected chi connectivity index (χ1v) is 2.87. The standard InChI is InChI=1S/2ClHO3/c2*2-1(3)4/h2*2H. The summed E-state index contributed by atoms with van der Waals surface area (Å²) in [6.07, 6.45) is 0. The molecule has 0 saturated heterocycles. The van der Waals surface area contributed by atoms with Gasteiger partial charge in [0.2, 0.25) is 0 Å². The van der Waals surface area contributed by atoms with Gasteiger partial charge in [-0.05, 0) is 0 Å². The Balaban J connectivity index is 0. The van der Waals surface area contributed by atoms with Crippen molar-refractivity contribution in [2.24, 2.45) is 0 Å². The third-order valence-corrected chi connectivity index (χ3v) is 0. The average molecular weight is 169 g/mol. The van der Waals surface area contributed by atoms with Crippen molar-refractivity contribution in [3.8, 4) is 0 Å². The summed E-state index contributed by atoms with van der Waals surface area (Å²) in [7, 11) is -5.20. The van der Waals surface area contributed by atoms with Crippen molar-refractivity contribution in [3.63, 3.8) is 0 Å². The summed E-state index contributed by atoms with van der Waals surface area (Å²) in [5.74, 6) is 0. The lowest BCUT2D eigenvalue weighted by Crippen LogP contribution is -2.30. The molecule has 2 N–H and O–H groups in total. The molecule has 6 nitrogen and oxygen atoms in total. The molecular formula is H2Cl2O6. The Morgan fingerprint density at radius 3 is 0.750 bits per heavy atom. The summed E-state index contributed by atoms with van der Waals surface area (Å²) < 4.78 is 47.9. The van der Waals surface area contributed by atoms with Gasteiger partial charge in [-0.2, -0.15) is 0 Å². The van der Waals surface area contributed by atoms with Gasteiger partial charge in [0.25, 0.3) is 21.6 Å². The Morgan fingerprint density at radius 1 is 0.750 bits per heavy atom. The zero-order chi connectivity index (χ0) is 7.15. The summed E-state index contributed by atoms with van der Waals surface area (Å²) in [5, 5.41) is 0. The molecule has 0 aliphatic carbocycles. The van der Waals surface area contributed by atoms with Crippen molar-refractivity contribution in [2.75, 3.05) is 0 Å². The Bertz CT molecular complexity index is 22.0. The molecule has 0 aromatic rings. The van der Waals surface area contributed by atoms with Crippen molar-refractivity contribution in [2.45, 2.75) is 0 Å². The van der Waals surface area contributed by atoms with E-state index in [1.54, 1.807) is 0 Å². The van der Waals surface area contributed by atoms with Gasteiger partial charge in [0.15, 0.2) is 0 Å². The van der Waals surface area contributed by atoms with Gasteiger partial charge in [0.05, 0.1) is 0 Å². The summed E-state index contributed by atoms with van der Waals surface area (Å²) in [6.45, 7) is 0. The first-order valence-electron chi connectivity index (χ1n) is 0.955. The van der Waals surface area contributed by atoms with Crippen LogP contribution in [0.15, 0.2) is 0 Å². The number of rotatable bonds is 0. The Morgan fingerprint density at radius 2 is 0.750 bits per heavy atom. The molecule has 0 heterocycles. The molecule has 0 unspecified atom stereocenters. The second-order valence-electron chi connectivity index (χ2n) is 0.402. The molecule has 0 aliphatic rings. The number of hydrogen-bond donors (Lipinski definition) is 2. The van der Waals surface area contributed by atoms with E-state index in [0.29, 0.717) is 0 Å². The van der Waals surface area contributed by atoms with E-state index in [9.17, 15) is 0 Å². The first-order chi connectivity index (χ1) is 3.46. The van der Waals surface area contributed by atoms with Crippen LogP contribution in [0.5, 0.6) is 0 Å². The maximum atomic E-state index is 8.52. The molecule has 0 fully saturated rings. The van der Waals surface area contributed by atoms with Gasteiger partial charge in [-0.15, -0.1) is 0 Å². The highest BCUT2D eigenvalue weighted by atomic mass is 35.6. The van der Waals surface area contributed by atoms with Crippen molar-refractivity contribution in [1.29, 1.82) is 0 Å². The summed E-state index contributed by atoms with van der Waals surface area (Å²) >= 11 is 0. The highest BCUT2D eigenvalue weighted by molar-refractivity contribution is 1.94. The third kappa shape index (κ3) is 1560. The lowest BCUT2D eigenvalue weighted by molar-refractivity contribution is -1.63. The van der Waals surface area contributed by atoms with E-state index in [2.05, 4.69) is 0 Å². The maximum Gasteiger partial charge on any atom is 0.282 e. The third-order valence-electron chi connectivity index (χ3n) is 0. The molecule has 0 amide bonds. The van der Waals surface area contributed by atoms with E-state index < -0.39 is 21.6 Å². The molecule has 0 aromatic carbocycles. The number of halogens is 2. The Kier molecular flexibility index (Phi) is 10.3. The van der Waals surface area contributed by atoms with Crippen LogP contribution in [-0.4, -0.2) is 9.32 Å². The second-order valence-corrected chi connectivity index (χ2v) is 1.21. The minimum Gasteiger partial charge on any atom is -0.321 e. The topological polar surface area (TPSA) is 133 Å². The zero-order valence-electron chi connectivity index (χ0n) is 3.28. The van der Waals surface area contributed by atoms with E-state index in [-0.39, 0.29) is 0 Å². The average Bonchev–Trinajstić information content (AvgIpc) is 1.25. The molecule has 0 spiro atoms. The molecule has 0 aliphatic heterocycles. The monoisotopic (exact) mass is 168 g/mol. The van der Waals surface area contributed by atoms with Crippen LogP contribution in [0.25, 0.3) is 0 Å². The van der Waals surface area contributed by atoms with Crippen LogP contribution in [0.3, 0.4) is 0 Å². The van der Waals surface area contributed by atoms with Gasteiger partial charge in [0.1, 0.15) is 0 Å². The van der Waals surface area contributed by atoms with Crippen LogP contribution < -0.4 is 18.6 Å². The quantitative estimate of drug-likeness (QED) is 0.370. The molecule has 0 saturated carbocycles. The second kappa shape index (κ2) is 7.34. The van der Waals surface area contributed by atoms with Crippen LogP contribution in [-0.2, 0) is 0 Å². The lowest BCUT2D eigenvalue weighted by atomic mass is 15.8. The molecule has 8 heavy (non-hydrogen) atoms. The summed E-state index contributed by atoms with van der Waals surface area (Å²) in [4.78, 5) is 0. The van der Waals surface area contributed by atoms with Gasteiger partial charge < -0.3 is 18.6 Å². The van der Waals surface area contributed by atoms with Crippen molar-refractivity contribution in [3.05, 3.63) is 0 Å². The summed E-state index contributed by atoms with van der Waals surface area (Å²) in [5.41, 5.74) is 0. The predicted molar refractivity (Wildman–Crippen MR) is 4.44 cm³/mol. The van der Waals surface area contributed by atoms with Crippen molar-refractivity contribution >= 4 is 0 Å². The molecule has 0 rings (SSSR count). The van der Waals surface area contributed by atoms with Crippen LogP contribution in [0.4, 0.5) is 0 Å². The highest BCUT2D eigenvalue weighted by Gasteiger charge is 1.79. The smallest absolute Gasteiger partial charge is 0.282 e. The molecule has 52 valence electrons. The van der Waals surface area contributed by atoms with Crippen LogP contribution in [0.1, 0.15) is 0 Å². The van der Waals surface area contributed by atoms with Crippen LogP contribution in [0, 0.1) is 21.6 Å². The van der Waals surface area contributed by atoms with Gasteiger partial charge in [-0.3, -0.25) is 0 Å². The first kappa shape index (κ1) is 11.2. The van der Waals surface area contributed by atoms with Crippen molar-refractivity contribution in [1.82, 2.24) is 0 Å². The lowest BCUT2D eigenvalue weighted by Gasteiger charge is -1.72. The van der Waals surface area contributed by atoms with Gasteiger partial charge in [0, 0.05) is 9.32 Å². The number of hydrogen-bond acceptors (Lipinski definition) is 6. The van der Waals surface area contributed by atoms with E-state index >= 15 is 0 Å². The Hall–Kier alpha value is 0.340. The van der Waals surface area contributed by atoms with Gasteiger partial charge in [-0.1, -0.05) is 0 Å². The fourth-order valence-electron chi connectivity index (χ4n) is 0. The Labute approximate surface area is 50.4 Å². The SMILES string of the molecule is [O-][Cl+2]([O-])O.[O-][Cl+2]([O-])O. The molecule has 0 bridgehead atoms. The van der Waals surface area contributed by atoms with Crippen molar-refractivity contribution < 1.29 is 49.5 Å². The fraction of sp³-hybridized carbons (Fsp3) is 0. The molecule has 0 aromatic heterocycles. The fourth-order valence-corrected chi connectivity index (χ4v) is 0. The predicted octanol–water partition coefficient (Wildman–Crippen LogP) is -5.87. The highest BCUT2D eigenvalue weighted by Crippen LogP contribution is 1.38. The van der Waals surface area contributed by atoms with Crippen LogP contribution >= 0.6 is 0 Å². The zero-order valence-corrected chi connectivity index (χ0v) is 4.80. The molecule has 0 radical (unpaired) electrons. The van der Waals surface area contributed by atoms with Gasteiger partial charge in [-0.25, -0.2) is 0 Å². The van der Waals surface area contributed by atoms with E-state index in [1.807, 2.05) is 0 Å². The maximum absolute atomic E-state index is 8.52. The van der Waals surface area contributed by atoms with Gasteiger partial charge >= 0.3 is 0 Å². The minimum absolute atomic E-state index is 2.60. The largest absolute Gasteiger partial charge is 0.321 e. The minimum atomic E-state index is -2.60. The van der Waals surface area contributed by atoms with Crippen LogP contribution in [0.2, 0.25) is 0 Å². The molecular weight excluding hydrogens is 167 g/mol. The van der Waals surface area contributed by atoms with E-state index in [4.69, 9.17) is 28.0 Å². The molecule has 0 atom stereocenters.